The highest BCUT2D eigenvalue weighted by Gasteiger charge is 2.25. The van der Waals surface area contributed by atoms with Gasteiger partial charge >= 0.3 is 0 Å². The van der Waals surface area contributed by atoms with Crippen LogP contribution in [0.4, 0.5) is 9.52 Å². The lowest BCUT2D eigenvalue weighted by molar-refractivity contribution is 0.0730. The van der Waals surface area contributed by atoms with Gasteiger partial charge in [-0.05, 0) is 41.8 Å². The molecule has 1 amide bonds. The van der Waals surface area contributed by atoms with Crippen LogP contribution in [0.25, 0.3) is 0 Å². The van der Waals surface area contributed by atoms with Gasteiger partial charge in [0.25, 0.3) is 15.9 Å². The molecule has 0 spiro atoms. The number of nitrogens with one attached hydrogen (secondary N) is 1. The van der Waals surface area contributed by atoms with E-state index in [0.29, 0.717) is 13.0 Å². The lowest BCUT2D eigenvalue weighted by atomic mass is 9.99. The number of hydrogen-bond donors (Lipinski definition) is 1. The number of sulfonamides is 1. The minimum absolute atomic E-state index is 0.0140. The van der Waals surface area contributed by atoms with Gasteiger partial charge in [0.05, 0.1) is 10.5 Å². The first-order valence-corrected chi connectivity index (χ1v) is 10.9. The van der Waals surface area contributed by atoms with E-state index in [-0.39, 0.29) is 22.1 Å². The van der Waals surface area contributed by atoms with Crippen LogP contribution in [-0.2, 0) is 23.0 Å². The Balaban J connectivity index is 1.59. The summed E-state index contributed by atoms with van der Waals surface area (Å²) >= 11 is 1.19. The Morgan fingerprint density at radius 3 is 2.75 bits per heavy atom. The van der Waals surface area contributed by atoms with Gasteiger partial charge in [-0.25, -0.2) is 17.8 Å². The number of rotatable bonds is 4. The molecule has 0 fully saturated rings. The average molecular weight is 417 g/mol. The van der Waals surface area contributed by atoms with Gasteiger partial charge in [-0.15, -0.1) is 11.3 Å². The summed E-state index contributed by atoms with van der Waals surface area (Å²) < 4.78 is 41.6. The number of halogens is 1. The van der Waals surface area contributed by atoms with E-state index >= 15 is 0 Å². The number of anilines is 1. The van der Waals surface area contributed by atoms with Crippen LogP contribution in [0.3, 0.4) is 0 Å². The lowest BCUT2D eigenvalue weighted by Gasteiger charge is -2.29. The van der Waals surface area contributed by atoms with Gasteiger partial charge in [0.2, 0.25) is 0 Å². The van der Waals surface area contributed by atoms with Gasteiger partial charge in [-0.1, -0.05) is 18.2 Å². The normalized spacial score (nSPS) is 13.8. The molecule has 2 aromatic carbocycles. The Labute approximate surface area is 165 Å². The summed E-state index contributed by atoms with van der Waals surface area (Å²) in [6.07, 6.45) is 2.09. The Kier molecular flexibility index (Phi) is 4.86. The summed E-state index contributed by atoms with van der Waals surface area (Å²) in [5, 5.41) is 1.96. The molecule has 0 saturated carbocycles. The van der Waals surface area contributed by atoms with Crippen LogP contribution in [0, 0.1) is 5.82 Å². The van der Waals surface area contributed by atoms with E-state index in [0.717, 1.165) is 11.1 Å². The second-order valence-corrected chi connectivity index (χ2v) is 8.91. The maximum absolute atomic E-state index is 14.0. The number of thiazole rings is 1. The Morgan fingerprint density at radius 1 is 1.18 bits per heavy atom. The van der Waals surface area contributed by atoms with Crippen LogP contribution < -0.4 is 4.72 Å². The molecule has 0 radical (unpaired) electrons. The van der Waals surface area contributed by atoms with E-state index in [1.165, 1.54) is 40.6 Å². The molecule has 144 valence electrons. The summed E-state index contributed by atoms with van der Waals surface area (Å²) in [5.41, 5.74) is 1.73. The van der Waals surface area contributed by atoms with E-state index in [2.05, 4.69) is 9.71 Å². The first-order valence-electron chi connectivity index (χ1n) is 8.52. The number of benzene rings is 2. The SMILES string of the molecule is O=C(c1ccccc1F)N1CCc2ccc(S(=O)(=O)Nc3nccs3)cc2C1. The van der Waals surface area contributed by atoms with E-state index in [4.69, 9.17) is 0 Å². The van der Waals surface area contributed by atoms with Crippen molar-refractivity contribution in [2.75, 3.05) is 11.3 Å². The van der Waals surface area contributed by atoms with Gasteiger partial charge in [0.1, 0.15) is 5.82 Å². The summed E-state index contributed by atoms with van der Waals surface area (Å²) in [6, 6.07) is 10.7. The van der Waals surface area contributed by atoms with E-state index in [1.807, 2.05) is 0 Å². The number of aromatic nitrogens is 1. The quantitative estimate of drug-likeness (QED) is 0.707. The van der Waals surface area contributed by atoms with E-state index in [1.54, 1.807) is 29.6 Å². The first-order chi connectivity index (χ1) is 13.4. The van der Waals surface area contributed by atoms with Crippen molar-refractivity contribution in [3.05, 3.63) is 76.5 Å². The highest BCUT2D eigenvalue weighted by molar-refractivity contribution is 7.93. The largest absolute Gasteiger partial charge is 0.334 e. The van der Waals surface area contributed by atoms with Gasteiger partial charge in [-0.2, -0.15) is 0 Å². The minimum atomic E-state index is -3.78. The molecule has 2 heterocycles. The molecule has 6 nitrogen and oxygen atoms in total. The van der Waals surface area contributed by atoms with Gasteiger partial charge in [0.15, 0.2) is 5.13 Å². The van der Waals surface area contributed by atoms with Crippen molar-refractivity contribution in [2.45, 2.75) is 17.9 Å². The molecule has 0 atom stereocenters. The van der Waals surface area contributed by atoms with Gasteiger partial charge < -0.3 is 4.90 Å². The zero-order valence-electron chi connectivity index (χ0n) is 14.6. The molecule has 1 N–H and O–H groups in total. The molecule has 4 rings (SSSR count). The highest BCUT2D eigenvalue weighted by atomic mass is 32.2. The number of fused-ring (bicyclic) bond motifs is 1. The van der Waals surface area contributed by atoms with E-state index in [9.17, 15) is 17.6 Å². The minimum Gasteiger partial charge on any atom is -0.334 e. The summed E-state index contributed by atoms with van der Waals surface area (Å²) in [7, 11) is -3.78. The maximum Gasteiger partial charge on any atom is 0.263 e. The molecule has 0 bridgehead atoms. The molecule has 0 aliphatic carbocycles. The summed E-state index contributed by atoms with van der Waals surface area (Å²) in [4.78, 5) is 18.2. The smallest absolute Gasteiger partial charge is 0.263 e. The zero-order chi connectivity index (χ0) is 19.7. The highest BCUT2D eigenvalue weighted by Crippen LogP contribution is 2.25. The molecular formula is C19H16FN3O3S2. The van der Waals surface area contributed by atoms with Crippen molar-refractivity contribution in [1.82, 2.24) is 9.88 Å². The number of carbonyl (C=O) groups is 1. The van der Waals surface area contributed by atoms with Gasteiger partial charge in [0, 0.05) is 24.7 Å². The van der Waals surface area contributed by atoms with Crippen LogP contribution in [0.5, 0.6) is 0 Å². The predicted octanol–water partition coefficient (Wildman–Crippen LogP) is 3.28. The second-order valence-electron chi connectivity index (χ2n) is 6.33. The summed E-state index contributed by atoms with van der Waals surface area (Å²) in [5.74, 6) is -0.972. The molecule has 3 aromatic rings. The third kappa shape index (κ3) is 3.63. The van der Waals surface area contributed by atoms with Crippen molar-refractivity contribution < 1.29 is 17.6 Å². The maximum atomic E-state index is 14.0. The van der Waals surface area contributed by atoms with Crippen molar-refractivity contribution in [3.8, 4) is 0 Å². The molecular weight excluding hydrogens is 401 g/mol. The molecule has 1 aromatic heterocycles. The molecule has 1 aliphatic heterocycles. The molecule has 1 aliphatic rings. The monoisotopic (exact) mass is 417 g/mol. The van der Waals surface area contributed by atoms with Crippen molar-refractivity contribution in [1.29, 1.82) is 0 Å². The van der Waals surface area contributed by atoms with Crippen molar-refractivity contribution in [2.24, 2.45) is 0 Å². The third-order valence-corrected chi connectivity index (χ3v) is 6.70. The number of carbonyl (C=O) groups excluding carboxylic acids is 1. The van der Waals surface area contributed by atoms with Crippen LogP contribution in [-0.4, -0.2) is 30.8 Å². The standard InChI is InChI=1S/C19H16FN3O3S2/c20-17-4-2-1-3-16(17)18(24)23-9-7-13-5-6-15(11-14(13)12-23)28(25,26)22-19-21-8-10-27-19/h1-6,8,10-11H,7,9,12H2,(H,21,22). The van der Waals surface area contributed by atoms with E-state index < -0.39 is 21.7 Å². The third-order valence-electron chi connectivity index (χ3n) is 4.55. The van der Waals surface area contributed by atoms with Gasteiger partial charge in [-0.3, -0.25) is 9.52 Å². The molecule has 28 heavy (non-hydrogen) atoms. The van der Waals surface area contributed by atoms with Crippen LogP contribution in [0.2, 0.25) is 0 Å². The van der Waals surface area contributed by atoms with Crippen LogP contribution in [0.15, 0.2) is 58.9 Å². The molecule has 0 saturated heterocycles. The topological polar surface area (TPSA) is 79.4 Å². The number of amides is 1. The summed E-state index contributed by atoms with van der Waals surface area (Å²) in [6.45, 7) is 0.673. The number of nitrogens with zero attached hydrogens (tertiary/aromatic N) is 2. The zero-order valence-corrected chi connectivity index (χ0v) is 16.3. The lowest BCUT2D eigenvalue weighted by Crippen LogP contribution is -2.36. The number of hydrogen-bond acceptors (Lipinski definition) is 5. The molecule has 0 unspecified atom stereocenters. The van der Waals surface area contributed by atoms with Crippen molar-refractivity contribution in [3.63, 3.8) is 0 Å². The average Bonchev–Trinajstić information content (AvgIpc) is 3.19. The fraction of sp³-hybridized carbons (Fsp3) is 0.158. The van der Waals surface area contributed by atoms with Crippen LogP contribution >= 0.6 is 11.3 Å². The first kappa shape index (κ1) is 18.6. The Hall–Kier alpha value is -2.78. The Bertz CT molecular complexity index is 1130. The fourth-order valence-corrected chi connectivity index (χ4v) is 4.97. The van der Waals surface area contributed by atoms with Crippen LogP contribution in [0.1, 0.15) is 21.5 Å². The Morgan fingerprint density at radius 2 is 2.00 bits per heavy atom. The predicted molar refractivity (Wildman–Crippen MR) is 104 cm³/mol. The molecule has 9 heteroatoms. The van der Waals surface area contributed by atoms with Crippen molar-refractivity contribution >= 4 is 32.4 Å². The fourth-order valence-electron chi connectivity index (χ4n) is 3.13. The second kappa shape index (κ2) is 7.33.